The predicted octanol–water partition coefficient (Wildman–Crippen LogP) is 5.40. The van der Waals surface area contributed by atoms with Crippen LogP contribution in [0.4, 0.5) is 13.2 Å². The third-order valence-corrected chi connectivity index (χ3v) is 4.91. The highest BCUT2D eigenvalue weighted by molar-refractivity contribution is 6.37. The van der Waals surface area contributed by atoms with Crippen LogP contribution >= 0.6 is 34.8 Å². The van der Waals surface area contributed by atoms with Gasteiger partial charge in [0.25, 0.3) is 5.89 Å². The number of aromatic nitrogens is 4. The number of aliphatic hydroxyl groups is 1. The first-order valence-corrected chi connectivity index (χ1v) is 9.63. The van der Waals surface area contributed by atoms with Crippen molar-refractivity contribution in [3.05, 3.63) is 51.2 Å². The highest BCUT2D eigenvalue weighted by atomic mass is 35.5. The van der Waals surface area contributed by atoms with Crippen molar-refractivity contribution in [3.63, 3.8) is 0 Å². The predicted molar refractivity (Wildman–Crippen MR) is 107 cm³/mol. The summed E-state index contributed by atoms with van der Waals surface area (Å²) in [6.07, 6.45) is -2.41. The lowest BCUT2D eigenvalue weighted by Gasteiger charge is -2.09. The van der Waals surface area contributed by atoms with E-state index in [2.05, 4.69) is 15.1 Å². The van der Waals surface area contributed by atoms with Crippen LogP contribution in [0.15, 0.2) is 35.1 Å². The van der Waals surface area contributed by atoms with Crippen molar-refractivity contribution in [2.24, 2.45) is 0 Å². The third kappa shape index (κ3) is 4.29. The SMILES string of the molecule is OCCOc1c(Cl)cc(-c2noc(-c3cn4cc(C(F)(F)F)cc(Cl)c4n3)n2)cc1Cl. The molecular weight excluding hydrogens is 484 g/mol. The summed E-state index contributed by atoms with van der Waals surface area (Å²) >= 11 is 18.3. The van der Waals surface area contributed by atoms with E-state index in [1.165, 1.54) is 18.3 Å². The van der Waals surface area contributed by atoms with Gasteiger partial charge in [-0.15, -0.1) is 0 Å². The average Bonchev–Trinajstić information content (AvgIpc) is 3.34. The molecule has 0 atom stereocenters. The van der Waals surface area contributed by atoms with E-state index >= 15 is 0 Å². The molecule has 0 aliphatic rings. The first-order valence-electron chi connectivity index (χ1n) is 8.50. The second-order valence-electron chi connectivity index (χ2n) is 6.20. The lowest BCUT2D eigenvalue weighted by molar-refractivity contribution is -0.137. The van der Waals surface area contributed by atoms with Gasteiger partial charge >= 0.3 is 6.18 Å². The number of halogens is 6. The number of alkyl halides is 3. The topological polar surface area (TPSA) is 85.7 Å². The fourth-order valence-electron chi connectivity index (χ4n) is 2.73. The monoisotopic (exact) mass is 492 g/mol. The zero-order chi connectivity index (χ0) is 22.3. The summed E-state index contributed by atoms with van der Waals surface area (Å²) in [6, 6.07) is 3.77. The van der Waals surface area contributed by atoms with Gasteiger partial charge in [0, 0.05) is 18.0 Å². The smallest absolute Gasteiger partial charge is 0.417 e. The third-order valence-electron chi connectivity index (χ3n) is 4.07. The average molecular weight is 494 g/mol. The Balaban J connectivity index is 1.69. The first kappa shape index (κ1) is 21.7. The van der Waals surface area contributed by atoms with Crippen LogP contribution in [0.25, 0.3) is 28.6 Å². The van der Waals surface area contributed by atoms with Crippen molar-refractivity contribution in [2.75, 3.05) is 13.2 Å². The van der Waals surface area contributed by atoms with Gasteiger partial charge in [0.15, 0.2) is 11.4 Å². The zero-order valence-electron chi connectivity index (χ0n) is 15.1. The second-order valence-corrected chi connectivity index (χ2v) is 7.42. The number of imidazole rings is 1. The van der Waals surface area contributed by atoms with Crippen LogP contribution in [0, 0.1) is 0 Å². The summed E-state index contributed by atoms with van der Waals surface area (Å²) in [6.45, 7) is -0.201. The fourth-order valence-corrected chi connectivity index (χ4v) is 3.59. The van der Waals surface area contributed by atoms with E-state index in [9.17, 15) is 13.2 Å². The van der Waals surface area contributed by atoms with Crippen molar-refractivity contribution in [2.45, 2.75) is 6.18 Å². The lowest BCUT2D eigenvalue weighted by Crippen LogP contribution is -2.06. The number of pyridine rings is 1. The standard InChI is InChI=1S/C18H10Cl3F3N4O3/c19-10-3-8(4-11(20)14(10)30-2-1-29)15-26-17(31-27-15)13-7-28-6-9(18(22,23)24)5-12(21)16(28)25-13/h3-7,29H,1-2H2. The Morgan fingerprint density at radius 1 is 1.03 bits per heavy atom. The summed E-state index contributed by atoms with van der Waals surface area (Å²) in [7, 11) is 0. The molecule has 1 aromatic carbocycles. The van der Waals surface area contributed by atoms with Gasteiger partial charge < -0.3 is 18.8 Å². The maximum absolute atomic E-state index is 13.0. The van der Waals surface area contributed by atoms with Crippen molar-refractivity contribution >= 4 is 40.4 Å². The molecule has 0 aliphatic carbocycles. The molecule has 0 bridgehead atoms. The zero-order valence-corrected chi connectivity index (χ0v) is 17.4. The molecule has 1 N–H and O–H groups in total. The highest BCUT2D eigenvalue weighted by Gasteiger charge is 2.32. The second kappa shape index (κ2) is 8.19. The summed E-state index contributed by atoms with van der Waals surface area (Å²) in [5.41, 5.74) is -0.295. The van der Waals surface area contributed by atoms with Crippen LogP contribution in [-0.2, 0) is 6.18 Å². The minimum atomic E-state index is -4.56. The van der Waals surface area contributed by atoms with E-state index in [-0.39, 0.29) is 57.1 Å². The Morgan fingerprint density at radius 2 is 1.74 bits per heavy atom. The maximum atomic E-state index is 13.0. The molecule has 162 valence electrons. The molecule has 0 fully saturated rings. The van der Waals surface area contributed by atoms with Gasteiger partial charge in [-0.3, -0.25) is 0 Å². The molecule has 0 unspecified atom stereocenters. The number of nitrogens with zero attached hydrogens (tertiary/aromatic N) is 4. The van der Waals surface area contributed by atoms with Crippen molar-refractivity contribution < 1.29 is 27.5 Å². The van der Waals surface area contributed by atoms with Gasteiger partial charge in [-0.25, -0.2) is 4.98 Å². The van der Waals surface area contributed by atoms with Gasteiger partial charge in [0.2, 0.25) is 5.82 Å². The summed E-state index contributed by atoms with van der Waals surface area (Å²) in [4.78, 5) is 8.37. The molecule has 4 aromatic rings. The summed E-state index contributed by atoms with van der Waals surface area (Å²) < 4.78 is 50.6. The molecule has 13 heteroatoms. The van der Waals surface area contributed by atoms with Crippen LogP contribution in [0.5, 0.6) is 5.75 Å². The molecule has 0 radical (unpaired) electrons. The lowest BCUT2D eigenvalue weighted by atomic mass is 10.2. The first-order chi connectivity index (χ1) is 14.7. The van der Waals surface area contributed by atoms with E-state index in [1.807, 2.05) is 0 Å². The molecular formula is C18H10Cl3F3N4O3. The van der Waals surface area contributed by atoms with Gasteiger partial charge in [-0.1, -0.05) is 40.0 Å². The largest absolute Gasteiger partial charge is 0.488 e. The molecule has 0 saturated carbocycles. The Morgan fingerprint density at radius 3 is 2.39 bits per heavy atom. The van der Waals surface area contributed by atoms with Crippen molar-refractivity contribution in [1.29, 1.82) is 0 Å². The molecule has 3 heterocycles. The Labute approximate surface area is 186 Å². The van der Waals surface area contributed by atoms with Gasteiger partial charge in [0.05, 0.1) is 27.2 Å². The number of hydrogen-bond acceptors (Lipinski definition) is 6. The van der Waals surface area contributed by atoms with Crippen LogP contribution in [0.2, 0.25) is 15.1 Å². The quantitative estimate of drug-likeness (QED) is 0.401. The van der Waals surface area contributed by atoms with Crippen molar-refractivity contribution in [1.82, 2.24) is 19.5 Å². The number of benzene rings is 1. The molecule has 0 amide bonds. The van der Waals surface area contributed by atoms with Gasteiger partial charge in [-0.05, 0) is 18.2 Å². The van der Waals surface area contributed by atoms with E-state index in [1.54, 1.807) is 0 Å². The number of fused-ring (bicyclic) bond motifs is 1. The fraction of sp³-hybridized carbons (Fsp3) is 0.167. The maximum Gasteiger partial charge on any atom is 0.417 e. The van der Waals surface area contributed by atoms with Crippen LogP contribution in [0.1, 0.15) is 5.56 Å². The Kier molecular flexibility index (Phi) is 5.73. The summed E-state index contributed by atoms with van der Waals surface area (Å²) in [5.74, 6) is 0.267. The van der Waals surface area contributed by atoms with E-state index < -0.39 is 11.7 Å². The van der Waals surface area contributed by atoms with E-state index in [0.29, 0.717) is 5.56 Å². The van der Waals surface area contributed by atoms with Crippen LogP contribution in [0.3, 0.4) is 0 Å². The minimum absolute atomic E-state index is 0.0116. The van der Waals surface area contributed by atoms with Gasteiger partial charge in [-0.2, -0.15) is 18.2 Å². The molecule has 4 rings (SSSR count). The number of aliphatic hydroxyl groups excluding tert-OH is 1. The van der Waals surface area contributed by atoms with Crippen molar-refractivity contribution in [3.8, 4) is 28.7 Å². The number of hydrogen-bond donors (Lipinski definition) is 1. The van der Waals surface area contributed by atoms with Crippen LogP contribution in [-0.4, -0.2) is 37.8 Å². The highest BCUT2D eigenvalue weighted by Crippen LogP contribution is 2.37. The molecule has 31 heavy (non-hydrogen) atoms. The number of ether oxygens (including phenoxy) is 1. The minimum Gasteiger partial charge on any atom is -0.488 e. The normalized spacial score (nSPS) is 12.0. The summed E-state index contributed by atoms with van der Waals surface area (Å²) in [5, 5.41) is 12.9. The molecule has 0 saturated heterocycles. The Bertz CT molecular complexity index is 1250. The molecule has 0 spiro atoms. The van der Waals surface area contributed by atoms with E-state index in [0.717, 1.165) is 16.7 Å². The molecule has 7 nitrogen and oxygen atoms in total. The number of rotatable bonds is 5. The van der Waals surface area contributed by atoms with E-state index in [4.69, 9.17) is 49.2 Å². The van der Waals surface area contributed by atoms with Crippen LogP contribution < -0.4 is 4.74 Å². The molecule has 0 aliphatic heterocycles. The Hall–Kier alpha value is -2.53. The van der Waals surface area contributed by atoms with Gasteiger partial charge in [0.1, 0.15) is 12.3 Å². The molecule has 3 aromatic heterocycles.